The van der Waals surface area contributed by atoms with Gasteiger partial charge in [0.15, 0.2) is 17.6 Å². The van der Waals surface area contributed by atoms with Crippen molar-refractivity contribution in [3.63, 3.8) is 0 Å². The van der Waals surface area contributed by atoms with Gasteiger partial charge in [-0.05, 0) is 44.1 Å². The topological polar surface area (TPSA) is 66.1 Å². The van der Waals surface area contributed by atoms with Gasteiger partial charge in [0.1, 0.15) is 11.3 Å². The standard InChI is InChI=1S/C23H21NO4/c1-24-9-8-22-18-12-6-7-15(25)20(18)28-21(22)19-14(11-23(22,26)17(24)10-12)13-4-2-3-5-16(13)27-19/h2-7,17,21,25-26H,8-11H2,1H3/t17-,21-,22-,23+/m0/s1. The summed E-state index contributed by atoms with van der Waals surface area (Å²) in [5, 5.41) is 24.0. The Morgan fingerprint density at radius 2 is 2.04 bits per heavy atom. The number of hydrogen-bond acceptors (Lipinski definition) is 5. The summed E-state index contributed by atoms with van der Waals surface area (Å²) < 4.78 is 12.8. The third-order valence-electron chi connectivity index (χ3n) is 7.89. The molecular weight excluding hydrogens is 354 g/mol. The number of aromatic hydroxyl groups is 1. The van der Waals surface area contributed by atoms with E-state index in [0.717, 1.165) is 47.2 Å². The lowest BCUT2D eigenvalue weighted by Crippen LogP contribution is -2.73. The second-order valence-electron chi connectivity index (χ2n) is 8.91. The van der Waals surface area contributed by atoms with Gasteiger partial charge in [-0.15, -0.1) is 0 Å². The molecule has 3 heterocycles. The van der Waals surface area contributed by atoms with Gasteiger partial charge in [-0.2, -0.15) is 0 Å². The lowest BCUT2D eigenvalue weighted by Gasteiger charge is -2.61. The molecule has 3 aromatic rings. The summed E-state index contributed by atoms with van der Waals surface area (Å²) in [5.74, 6) is 1.51. The second-order valence-corrected chi connectivity index (χ2v) is 8.91. The van der Waals surface area contributed by atoms with Gasteiger partial charge < -0.3 is 24.3 Å². The Bertz CT molecular complexity index is 1180. The Hall–Kier alpha value is -2.50. The highest BCUT2D eigenvalue weighted by atomic mass is 16.5. The molecule has 142 valence electrons. The average molecular weight is 375 g/mol. The molecule has 2 N–H and O–H groups in total. The van der Waals surface area contributed by atoms with Gasteiger partial charge >= 0.3 is 0 Å². The minimum atomic E-state index is -0.962. The third kappa shape index (κ3) is 1.42. The molecular formula is C23H21NO4. The van der Waals surface area contributed by atoms with E-state index < -0.39 is 17.1 Å². The average Bonchev–Trinajstić information content (AvgIpc) is 3.22. The minimum absolute atomic E-state index is 0.0113. The number of ether oxygens (including phenoxy) is 1. The summed E-state index contributed by atoms with van der Waals surface area (Å²) in [5.41, 5.74) is 2.53. The number of piperidine rings is 1. The number of rotatable bonds is 0. The summed E-state index contributed by atoms with van der Waals surface area (Å²) >= 11 is 0. The van der Waals surface area contributed by atoms with Crippen molar-refractivity contribution in [2.75, 3.05) is 13.6 Å². The number of aliphatic hydroxyl groups is 1. The first-order valence-electron chi connectivity index (χ1n) is 9.99. The maximum absolute atomic E-state index is 12.4. The van der Waals surface area contributed by atoms with Gasteiger partial charge in [0, 0.05) is 29.0 Å². The molecule has 0 saturated carbocycles. The quantitative estimate of drug-likeness (QED) is 0.632. The van der Waals surface area contributed by atoms with Crippen LogP contribution >= 0.6 is 0 Å². The Morgan fingerprint density at radius 3 is 2.93 bits per heavy atom. The maximum Gasteiger partial charge on any atom is 0.169 e. The molecule has 0 unspecified atom stereocenters. The van der Waals surface area contributed by atoms with Crippen molar-refractivity contribution >= 4 is 11.0 Å². The van der Waals surface area contributed by atoms with E-state index in [2.05, 4.69) is 18.0 Å². The van der Waals surface area contributed by atoms with Crippen molar-refractivity contribution < 1.29 is 19.4 Å². The molecule has 2 bridgehead atoms. The van der Waals surface area contributed by atoms with Gasteiger partial charge in [0.05, 0.1) is 11.0 Å². The van der Waals surface area contributed by atoms with E-state index in [4.69, 9.17) is 9.15 Å². The second kappa shape index (κ2) is 4.56. The van der Waals surface area contributed by atoms with Crippen molar-refractivity contribution in [3.8, 4) is 11.5 Å². The number of phenols is 1. The summed E-state index contributed by atoms with van der Waals surface area (Å²) in [6, 6.07) is 11.8. The monoisotopic (exact) mass is 375 g/mol. The van der Waals surface area contributed by atoms with Crippen LogP contribution in [0.3, 0.4) is 0 Å². The van der Waals surface area contributed by atoms with Crippen LogP contribution in [0.4, 0.5) is 0 Å². The van der Waals surface area contributed by atoms with Crippen molar-refractivity contribution in [3.05, 3.63) is 58.8 Å². The summed E-state index contributed by atoms with van der Waals surface area (Å²) in [6.45, 7) is 0.886. The van der Waals surface area contributed by atoms with Crippen LogP contribution in [0, 0.1) is 0 Å². The molecule has 5 nitrogen and oxygen atoms in total. The molecule has 28 heavy (non-hydrogen) atoms. The molecule has 5 heteroatoms. The normalized spacial score (nSPS) is 34.8. The van der Waals surface area contributed by atoms with Crippen LogP contribution in [0.5, 0.6) is 11.5 Å². The highest BCUT2D eigenvalue weighted by Crippen LogP contribution is 2.69. The summed E-state index contributed by atoms with van der Waals surface area (Å²) in [4.78, 5) is 2.30. The minimum Gasteiger partial charge on any atom is -0.504 e. The molecule has 1 saturated heterocycles. The molecule has 1 aromatic heterocycles. The number of likely N-dealkylation sites (tertiary alicyclic amines) is 1. The number of furan rings is 1. The third-order valence-corrected chi connectivity index (χ3v) is 7.89. The smallest absolute Gasteiger partial charge is 0.169 e. The number of phenolic OH excluding ortho intramolecular Hbond substituents is 1. The zero-order valence-electron chi connectivity index (χ0n) is 15.6. The molecule has 1 spiro atoms. The lowest BCUT2D eigenvalue weighted by molar-refractivity contribution is -0.170. The Balaban J connectivity index is 1.62. The largest absolute Gasteiger partial charge is 0.504 e. The molecule has 2 aliphatic heterocycles. The molecule has 2 aromatic carbocycles. The molecule has 4 atom stereocenters. The summed E-state index contributed by atoms with van der Waals surface area (Å²) in [7, 11) is 2.11. The summed E-state index contributed by atoms with van der Waals surface area (Å²) in [6.07, 6.45) is 1.68. The van der Waals surface area contributed by atoms with Crippen molar-refractivity contribution in [2.24, 2.45) is 0 Å². The van der Waals surface area contributed by atoms with E-state index in [-0.39, 0.29) is 11.8 Å². The van der Waals surface area contributed by atoms with Crippen LogP contribution in [0.1, 0.15) is 35.0 Å². The SMILES string of the molecule is CN1CC[C@]23c4c5ccc(O)c4O[C@H]2c2oc4ccccc4c2C[C@@]3(O)[C@@H]1C5. The van der Waals surface area contributed by atoms with Crippen LogP contribution in [-0.4, -0.2) is 40.3 Å². The lowest BCUT2D eigenvalue weighted by atomic mass is 9.49. The molecule has 2 aliphatic carbocycles. The number of para-hydroxylation sites is 1. The van der Waals surface area contributed by atoms with Crippen molar-refractivity contribution in [1.82, 2.24) is 4.90 Å². The Labute approximate surface area is 162 Å². The fourth-order valence-electron chi connectivity index (χ4n) is 6.69. The van der Waals surface area contributed by atoms with Crippen LogP contribution < -0.4 is 4.74 Å². The van der Waals surface area contributed by atoms with E-state index in [9.17, 15) is 10.2 Å². The highest BCUT2D eigenvalue weighted by Gasteiger charge is 2.73. The predicted molar refractivity (Wildman–Crippen MR) is 103 cm³/mol. The van der Waals surface area contributed by atoms with Gasteiger partial charge in [-0.1, -0.05) is 24.3 Å². The van der Waals surface area contributed by atoms with E-state index in [0.29, 0.717) is 12.2 Å². The zero-order chi connectivity index (χ0) is 18.8. The fourth-order valence-corrected chi connectivity index (χ4v) is 6.69. The zero-order valence-corrected chi connectivity index (χ0v) is 15.6. The first kappa shape index (κ1) is 15.4. The van der Waals surface area contributed by atoms with Crippen molar-refractivity contribution in [1.29, 1.82) is 0 Å². The number of benzene rings is 2. The van der Waals surface area contributed by atoms with Crippen LogP contribution in [-0.2, 0) is 18.3 Å². The van der Waals surface area contributed by atoms with E-state index in [1.54, 1.807) is 6.07 Å². The molecule has 7 rings (SSSR count). The Morgan fingerprint density at radius 1 is 1.18 bits per heavy atom. The number of nitrogens with zero attached hydrogens (tertiary/aromatic N) is 1. The van der Waals surface area contributed by atoms with E-state index in [1.165, 1.54) is 5.56 Å². The molecule has 4 aliphatic rings. The van der Waals surface area contributed by atoms with Crippen LogP contribution in [0.15, 0.2) is 40.8 Å². The fraction of sp³-hybridized carbons (Fsp3) is 0.391. The van der Waals surface area contributed by atoms with Crippen LogP contribution in [0.25, 0.3) is 11.0 Å². The maximum atomic E-state index is 12.4. The number of likely N-dealkylation sites (N-methyl/N-ethyl adjacent to an activating group) is 1. The first-order chi connectivity index (χ1) is 13.5. The Kier molecular flexibility index (Phi) is 2.51. The van der Waals surface area contributed by atoms with E-state index in [1.807, 2.05) is 24.3 Å². The molecule has 0 radical (unpaired) electrons. The predicted octanol–water partition coefficient (Wildman–Crippen LogP) is 3.06. The highest BCUT2D eigenvalue weighted by molar-refractivity contribution is 5.84. The van der Waals surface area contributed by atoms with Crippen LogP contribution in [0.2, 0.25) is 0 Å². The van der Waals surface area contributed by atoms with Gasteiger partial charge in [0.25, 0.3) is 0 Å². The molecule has 1 fully saturated rings. The van der Waals surface area contributed by atoms with Gasteiger partial charge in [-0.25, -0.2) is 0 Å². The molecule has 0 amide bonds. The number of hydrogen-bond donors (Lipinski definition) is 2. The van der Waals surface area contributed by atoms with E-state index >= 15 is 0 Å². The van der Waals surface area contributed by atoms with Gasteiger partial charge in [-0.3, -0.25) is 0 Å². The number of fused-ring (bicyclic) bond motifs is 4. The first-order valence-corrected chi connectivity index (χ1v) is 9.99. The van der Waals surface area contributed by atoms with Gasteiger partial charge in [0.2, 0.25) is 0 Å². The van der Waals surface area contributed by atoms with Crippen molar-refractivity contribution in [2.45, 2.75) is 42.4 Å².